The first-order valence-corrected chi connectivity index (χ1v) is 5.99. The van der Waals surface area contributed by atoms with Gasteiger partial charge in [-0.3, -0.25) is 0 Å². The van der Waals surface area contributed by atoms with E-state index in [1.54, 1.807) is 0 Å². The zero-order valence-corrected chi connectivity index (χ0v) is 9.94. The molecule has 0 aliphatic carbocycles. The minimum atomic E-state index is -2.29. The van der Waals surface area contributed by atoms with Gasteiger partial charge in [0.1, 0.15) is 0 Å². The maximum absolute atomic E-state index is 13.0. The summed E-state index contributed by atoms with van der Waals surface area (Å²) in [6.07, 6.45) is -1.79. The highest BCUT2D eigenvalue weighted by molar-refractivity contribution is 5.58. The number of rotatable bonds is 3. The molecule has 0 aromatic heterocycles. The van der Waals surface area contributed by atoms with Crippen LogP contribution >= 0.6 is 0 Å². The van der Waals surface area contributed by atoms with Crippen molar-refractivity contribution in [2.45, 2.75) is 31.7 Å². The van der Waals surface area contributed by atoms with Crippen molar-refractivity contribution in [2.24, 2.45) is 5.73 Å². The number of para-hydroxylation sites is 1. The van der Waals surface area contributed by atoms with Crippen LogP contribution in [-0.2, 0) is 0 Å². The SMILES string of the molecule is CC(CN)N1CCC(C(F)F)c2ccccc21. The molecule has 0 spiro atoms. The summed E-state index contributed by atoms with van der Waals surface area (Å²) < 4.78 is 25.9. The number of nitrogens with zero attached hydrogens (tertiary/aromatic N) is 1. The van der Waals surface area contributed by atoms with E-state index in [-0.39, 0.29) is 6.04 Å². The molecule has 2 atom stereocenters. The monoisotopic (exact) mass is 240 g/mol. The second-order valence-electron chi connectivity index (χ2n) is 4.57. The van der Waals surface area contributed by atoms with Crippen LogP contribution in [0.3, 0.4) is 0 Å². The number of alkyl halides is 2. The van der Waals surface area contributed by atoms with Gasteiger partial charge < -0.3 is 10.6 Å². The molecule has 0 amide bonds. The molecule has 1 aromatic rings. The van der Waals surface area contributed by atoms with Crippen LogP contribution in [0.1, 0.15) is 24.8 Å². The Morgan fingerprint density at radius 3 is 2.76 bits per heavy atom. The van der Waals surface area contributed by atoms with Crippen molar-refractivity contribution in [3.63, 3.8) is 0 Å². The Balaban J connectivity index is 2.36. The fourth-order valence-corrected chi connectivity index (χ4v) is 2.46. The van der Waals surface area contributed by atoms with Crippen LogP contribution in [0.2, 0.25) is 0 Å². The first-order valence-electron chi connectivity index (χ1n) is 5.99. The maximum Gasteiger partial charge on any atom is 0.245 e. The van der Waals surface area contributed by atoms with Gasteiger partial charge in [-0.1, -0.05) is 18.2 Å². The molecule has 2 nitrogen and oxygen atoms in total. The Morgan fingerprint density at radius 1 is 1.41 bits per heavy atom. The van der Waals surface area contributed by atoms with Gasteiger partial charge in [-0.05, 0) is 25.0 Å². The summed E-state index contributed by atoms with van der Waals surface area (Å²) in [5.74, 6) is -0.632. The highest BCUT2D eigenvalue weighted by atomic mass is 19.3. The van der Waals surface area contributed by atoms with Gasteiger partial charge >= 0.3 is 0 Å². The average Bonchev–Trinajstić information content (AvgIpc) is 2.36. The number of fused-ring (bicyclic) bond motifs is 1. The van der Waals surface area contributed by atoms with Crippen LogP contribution in [0.4, 0.5) is 14.5 Å². The molecule has 1 aromatic carbocycles. The second kappa shape index (κ2) is 5.00. The molecule has 94 valence electrons. The lowest BCUT2D eigenvalue weighted by atomic mass is 9.89. The fourth-order valence-electron chi connectivity index (χ4n) is 2.46. The summed E-state index contributed by atoms with van der Waals surface area (Å²) in [6.45, 7) is 3.22. The number of hydrogen-bond acceptors (Lipinski definition) is 2. The predicted molar refractivity (Wildman–Crippen MR) is 65.7 cm³/mol. The molecule has 0 saturated heterocycles. The van der Waals surface area contributed by atoms with E-state index in [4.69, 9.17) is 5.73 Å². The Labute approximate surface area is 100 Å². The highest BCUT2D eigenvalue weighted by Gasteiger charge is 2.32. The van der Waals surface area contributed by atoms with Crippen LogP contribution < -0.4 is 10.6 Å². The minimum Gasteiger partial charge on any atom is -0.367 e. The van der Waals surface area contributed by atoms with Crippen molar-refractivity contribution in [1.29, 1.82) is 0 Å². The first kappa shape index (κ1) is 12.3. The number of benzene rings is 1. The molecule has 2 N–H and O–H groups in total. The summed E-state index contributed by atoms with van der Waals surface area (Å²) in [7, 11) is 0. The molecule has 4 heteroatoms. The third-order valence-electron chi connectivity index (χ3n) is 3.50. The molecule has 1 heterocycles. The summed E-state index contributed by atoms with van der Waals surface area (Å²) >= 11 is 0. The van der Waals surface area contributed by atoms with Gasteiger partial charge in [-0.25, -0.2) is 8.78 Å². The van der Waals surface area contributed by atoms with Crippen molar-refractivity contribution in [2.75, 3.05) is 18.0 Å². The highest BCUT2D eigenvalue weighted by Crippen LogP contribution is 2.39. The normalized spacial score (nSPS) is 21.5. The van der Waals surface area contributed by atoms with Gasteiger partial charge in [0.2, 0.25) is 6.43 Å². The summed E-state index contributed by atoms with van der Waals surface area (Å²) in [5.41, 5.74) is 7.34. The number of nitrogens with two attached hydrogens (primary N) is 1. The zero-order valence-electron chi connectivity index (χ0n) is 9.94. The zero-order chi connectivity index (χ0) is 12.4. The Morgan fingerprint density at radius 2 is 2.12 bits per heavy atom. The molecule has 2 rings (SSSR count). The van der Waals surface area contributed by atoms with E-state index in [2.05, 4.69) is 4.90 Å². The molecule has 2 unspecified atom stereocenters. The van der Waals surface area contributed by atoms with E-state index in [0.29, 0.717) is 19.5 Å². The van der Waals surface area contributed by atoms with Gasteiger partial charge in [0.25, 0.3) is 0 Å². The Bertz CT molecular complexity index is 381. The fraction of sp³-hybridized carbons (Fsp3) is 0.538. The average molecular weight is 240 g/mol. The predicted octanol–water partition coefficient (Wildman–Crippen LogP) is 2.59. The van der Waals surface area contributed by atoms with Gasteiger partial charge in [-0.15, -0.1) is 0 Å². The van der Waals surface area contributed by atoms with E-state index in [1.807, 2.05) is 31.2 Å². The maximum atomic E-state index is 13.0. The lowest BCUT2D eigenvalue weighted by Gasteiger charge is -2.39. The second-order valence-corrected chi connectivity index (χ2v) is 4.57. The largest absolute Gasteiger partial charge is 0.367 e. The van der Waals surface area contributed by atoms with Gasteiger partial charge in [0.15, 0.2) is 0 Å². The quantitative estimate of drug-likeness (QED) is 0.880. The molecule has 1 aliphatic rings. The van der Waals surface area contributed by atoms with Crippen LogP contribution in [-0.4, -0.2) is 25.6 Å². The van der Waals surface area contributed by atoms with Crippen molar-refractivity contribution < 1.29 is 8.78 Å². The van der Waals surface area contributed by atoms with Crippen LogP contribution in [0.5, 0.6) is 0 Å². The van der Waals surface area contributed by atoms with Crippen LogP contribution in [0.15, 0.2) is 24.3 Å². The Kier molecular flexibility index (Phi) is 3.62. The van der Waals surface area contributed by atoms with Crippen molar-refractivity contribution >= 4 is 5.69 Å². The van der Waals surface area contributed by atoms with Crippen molar-refractivity contribution in [3.05, 3.63) is 29.8 Å². The topological polar surface area (TPSA) is 29.3 Å². The molecule has 0 fully saturated rings. The van der Waals surface area contributed by atoms with E-state index >= 15 is 0 Å². The van der Waals surface area contributed by atoms with Gasteiger partial charge in [0, 0.05) is 30.7 Å². The summed E-state index contributed by atoms with van der Waals surface area (Å²) in [5, 5.41) is 0. The van der Waals surface area contributed by atoms with Crippen LogP contribution in [0, 0.1) is 0 Å². The van der Waals surface area contributed by atoms with Gasteiger partial charge in [0.05, 0.1) is 0 Å². The molecule has 1 aliphatic heterocycles. The molecule has 0 bridgehead atoms. The van der Waals surface area contributed by atoms with Gasteiger partial charge in [-0.2, -0.15) is 0 Å². The summed E-state index contributed by atoms with van der Waals surface area (Å²) in [6, 6.07) is 7.63. The van der Waals surface area contributed by atoms with Crippen molar-refractivity contribution in [1.82, 2.24) is 0 Å². The Hall–Kier alpha value is -1.16. The third kappa shape index (κ3) is 2.27. The molecular weight excluding hydrogens is 222 g/mol. The summed E-state index contributed by atoms with van der Waals surface area (Å²) in [4.78, 5) is 2.13. The van der Waals surface area contributed by atoms with E-state index in [1.165, 1.54) is 0 Å². The smallest absolute Gasteiger partial charge is 0.245 e. The number of halogens is 2. The number of anilines is 1. The first-order chi connectivity index (χ1) is 8.15. The standard InChI is InChI=1S/C13H18F2N2/c1-9(8-16)17-7-6-11(13(14)15)10-4-2-3-5-12(10)17/h2-5,9,11,13H,6-8,16H2,1H3. The molecular formula is C13H18F2N2. The van der Waals surface area contributed by atoms with E-state index in [0.717, 1.165) is 11.3 Å². The lowest BCUT2D eigenvalue weighted by molar-refractivity contribution is 0.108. The number of hydrogen-bond donors (Lipinski definition) is 1. The van der Waals surface area contributed by atoms with E-state index < -0.39 is 12.3 Å². The van der Waals surface area contributed by atoms with Crippen LogP contribution in [0.25, 0.3) is 0 Å². The third-order valence-corrected chi connectivity index (χ3v) is 3.50. The molecule has 17 heavy (non-hydrogen) atoms. The van der Waals surface area contributed by atoms with Crippen molar-refractivity contribution in [3.8, 4) is 0 Å². The van der Waals surface area contributed by atoms with E-state index in [9.17, 15) is 8.78 Å². The molecule has 0 radical (unpaired) electrons. The lowest BCUT2D eigenvalue weighted by Crippen LogP contribution is -2.43. The minimum absolute atomic E-state index is 0.190. The molecule has 0 saturated carbocycles.